The summed E-state index contributed by atoms with van der Waals surface area (Å²) in [5.74, 6) is -1.87. The zero-order valence-corrected chi connectivity index (χ0v) is 18.5. The van der Waals surface area contributed by atoms with Crippen molar-refractivity contribution in [3.05, 3.63) is 47.3 Å². The van der Waals surface area contributed by atoms with Crippen molar-refractivity contribution in [2.75, 3.05) is 18.6 Å². The summed E-state index contributed by atoms with van der Waals surface area (Å²) in [6, 6.07) is 0.481. The number of aromatic amines is 1. The number of H-pyrrole nitrogens is 1. The highest BCUT2D eigenvalue weighted by molar-refractivity contribution is 8.00. The second kappa shape index (κ2) is 8.90. The fourth-order valence-corrected chi connectivity index (χ4v) is 4.98. The molecule has 1 fully saturated rings. The third-order valence-corrected chi connectivity index (χ3v) is 6.39. The van der Waals surface area contributed by atoms with E-state index in [0.29, 0.717) is 17.9 Å². The van der Waals surface area contributed by atoms with E-state index in [0.717, 1.165) is 5.69 Å². The maximum absolute atomic E-state index is 12.9. The van der Waals surface area contributed by atoms with E-state index in [1.807, 2.05) is 11.5 Å². The third kappa shape index (κ3) is 4.24. The number of anilines is 1. The Balaban J connectivity index is 1.54. The molecule has 0 radical (unpaired) electrons. The molecular formula is C19H21N8O5S+. The quantitative estimate of drug-likeness (QED) is 0.166. The number of nitrogens with one attached hydrogen (secondary N) is 2. The SMILES string of the molecule is CON=C(C(=O)NC1C(=O)N2C(C(=O)O)=C(C[n+]3ccnc(C)c3)CS[C@@H]12)c1cc(N)n[nH]1. The molecule has 0 bridgehead atoms. The van der Waals surface area contributed by atoms with Crippen LogP contribution in [0.3, 0.4) is 0 Å². The van der Waals surface area contributed by atoms with Crippen LogP contribution in [0, 0.1) is 6.92 Å². The fourth-order valence-electron chi connectivity index (χ4n) is 3.65. The lowest BCUT2D eigenvalue weighted by Crippen LogP contribution is -2.71. The highest BCUT2D eigenvalue weighted by Crippen LogP contribution is 2.40. The number of amides is 2. The molecule has 0 aromatic carbocycles. The molecule has 2 amide bonds. The van der Waals surface area contributed by atoms with Crippen molar-refractivity contribution < 1.29 is 28.9 Å². The standard InChI is InChI=1S/C19H20N8O5S/c1-9-6-26(4-3-21-9)7-10-8-33-18-14(17(29)27(18)15(10)19(30)31)22-16(28)13(25-32-2)11-5-12(20)24-23-11/h3-6,14,18,20-21H,7-8H2,1-2H3,(H2,22,28,30,31)/p+1/t14?,18-/m0/s1. The van der Waals surface area contributed by atoms with Gasteiger partial charge in [0, 0.05) is 17.4 Å². The number of nitrogen functional groups attached to an aromatic ring is 1. The van der Waals surface area contributed by atoms with Crippen LogP contribution < -0.4 is 15.6 Å². The molecular weight excluding hydrogens is 452 g/mol. The minimum Gasteiger partial charge on any atom is -0.477 e. The number of nitrogens with zero attached hydrogens (tertiary/aromatic N) is 5. The molecule has 2 atom stereocenters. The fraction of sp³-hybridized carbons (Fsp3) is 0.316. The van der Waals surface area contributed by atoms with Gasteiger partial charge in [0.25, 0.3) is 11.8 Å². The van der Waals surface area contributed by atoms with Gasteiger partial charge in [-0.1, -0.05) is 5.16 Å². The molecule has 5 N–H and O–H groups in total. The molecule has 33 heavy (non-hydrogen) atoms. The molecule has 1 unspecified atom stereocenters. The Morgan fingerprint density at radius 1 is 1.52 bits per heavy atom. The molecule has 4 rings (SSSR count). The lowest BCUT2D eigenvalue weighted by atomic mass is 10.0. The number of carboxylic acid groups (broad SMARTS) is 1. The molecule has 172 valence electrons. The van der Waals surface area contributed by atoms with Crippen LogP contribution in [0.25, 0.3) is 0 Å². The van der Waals surface area contributed by atoms with Crippen LogP contribution in [-0.2, 0) is 25.8 Å². The average Bonchev–Trinajstić information content (AvgIpc) is 3.21. The van der Waals surface area contributed by atoms with Crippen LogP contribution in [-0.4, -0.2) is 73.0 Å². The number of thioether (sulfide) groups is 1. The van der Waals surface area contributed by atoms with Gasteiger partial charge in [0.15, 0.2) is 24.7 Å². The molecule has 4 heterocycles. The number of β-lactam (4-membered cyclic amide) rings is 1. The first-order chi connectivity index (χ1) is 15.8. The monoisotopic (exact) mass is 473 g/mol. The summed E-state index contributed by atoms with van der Waals surface area (Å²) in [4.78, 5) is 47.8. The summed E-state index contributed by atoms with van der Waals surface area (Å²) in [5, 5.41) is 21.9. The Kier molecular flexibility index (Phi) is 6.00. The molecule has 14 heteroatoms. The number of carbonyl (C=O) groups excluding carboxylic acids is 2. The van der Waals surface area contributed by atoms with Crippen LogP contribution in [0.5, 0.6) is 0 Å². The lowest BCUT2D eigenvalue weighted by Gasteiger charge is -2.49. The second-order valence-electron chi connectivity index (χ2n) is 7.32. The minimum atomic E-state index is -1.20. The molecule has 0 saturated carbocycles. The number of aryl methyl sites for hydroxylation is 1. The Hall–Kier alpha value is -3.94. The van der Waals surface area contributed by atoms with Gasteiger partial charge in [-0.15, -0.1) is 11.8 Å². The number of oxime groups is 1. The van der Waals surface area contributed by atoms with E-state index >= 15 is 0 Å². The van der Waals surface area contributed by atoms with Crippen molar-refractivity contribution in [3.8, 4) is 0 Å². The highest BCUT2D eigenvalue weighted by Gasteiger charge is 2.54. The number of aromatic nitrogens is 4. The molecule has 0 aliphatic carbocycles. The smallest absolute Gasteiger partial charge is 0.352 e. The minimum absolute atomic E-state index is 0.0664. The molecule has 13 nitrogen and oxygen atoms in total. The number of hydrogen-bond donors (Lipinski definition) is 4. The first-order valence-corrected chi connectivity index (χ1v) is 10.8. The topological polar surface area (TPSA) is 180 Å². The predicted octanol–water partition coefficient (Wildman–Crippen LogP) is -1.23. The second-order valence-corrected chi connectivity index (χ2v) is 8.42. The van der Waals surface area contributed by atoms with Gasteiger partial charge < -0.3 is 21.0 Å². The predicted molar refractivity (Wildman–Crippen MR) is 115 cm³/mol. The number of carbonyl (C=O) groups is 3. The van der Waals surface area contributed by atoms with E-state index < -0.39 is 29.2 Å². The van der Waals surface area contributed by atoms with E-state index in [2.05, 4.69) is 25.7 Å². The van der Waals surface area contributed by atoms with E-state index in [9.17, 15) is 19.5 Å². The van der Waals surface area contributed by atoms with E-state index in [4.69, 9.17) is 10.6 Å². The maximum atomic E-state index is 12.9. The van der Waals surface area contributed by atoms with Gasteiger partial charge in [-0.2, -0.15) is 9.67 Å². The van der Waals surface area contributed by atoms with Crippen molar-refractivity contribution in [1.29, 1.82) is 0 Å². The Bertz CT molecular complexity index is 1190. The van der Waals surface area contributed by atoms with Crippen LogP contribution >= 0.6 is 11.8 Å². The van der Waals surface area contributed by atoms with E-state index in [1.165, 1.54) is 29.8 Å². The van der Waals surface area contributed by atoms with Crippen LogP contribution in [0.15, 0.2) is 41.1 Å². The summed E-state index contributed by atoms with van der Waals surface area (Å²) >= 11 is 1.37. The van der Waals surface area contributed by atoms with Gasteiger partial charge in [0.05, 0.1) is 11.9 Å². The van der Waals surface area contributed by atoms with Crippen LogP contribution in [0.1, 0.15) is 11.4 Å². The number of fused-ring (bicyclic) bond motifs is 1. The van der Waals surface area contributed by atoms with Crippen molar-refractivity contribution >= 4 is 41.1 Å². The Morgan fingerprint density at radius 3 is 2.94 bits per heavy atom. The molecule has 0 spiro atoms. The van der Waals surface area contributed by atoms with Crippen molar-refractivity contribution in [3.63, 3.8) is 0 Å². The maximum Gasteiger partial charge on any atom is 0.352 e. The highest BCUT2D eigenvalue weighted by atomic mass is 32.2. The average molecular weight is 473 g/mol. The Morgan fingerprint density at radius 2 is 2.30 bits per heavy atom. The summed E-state index contributed by atoms with van der Waals surface area (Å²) in [7, 11) is 1.27. The van der Waals surface area contributed by atoms with Crippen LogP contribution in [0.2, 0.25) is 0 Å². The Labute approximate surface area is 191 Å². The van der Waals surface area contributed by atoms with Gasteiger partial charge in [-0.3, -0.25) is 19.6 Å². The normalized spacial score (nSPS) is 20.2. The van der Waals surface area contributed by atoms with Gasteiger partial charge >= 0.3 is 5.97 Å². The van der Waals surface area contributed by atoms with Gasteiger partial charge in [0.1, 0.15) is 35.7 Å². The molecule has 2 aliphatic heterocycles. The first kappa shape index (κ1) is 22.3. The van der Waals surface area contributed by atoms with Crippen molar-refractivity contribution in [2.45, 2.75) is 24.9 Å². The summed E-state index contributed by atoms with van der Waals surface area (Å²) < 4.78 is 1.81. The number of hydrogen-bond acceptors (Lipinski definition) is 9. The molecule has 2 aromatic heterocycles. The largest absolute Gasteiger partial charge is 0.477 e. The van der Waals surface area contributed by atoms with Gasteiger partial charge in [-0.05, 0) is 6.92 Å². The number of aliphatic carboxylic acids is 1. The van der Waals surface area contributed by atoms with Crippen molar-refractivity contribution in [2.24, 2.45) is 5.16 Å². The third-order valence-electron chi connectivity index (χ3n) is 5.05. The molecule has 2 aliphatic rings. The van der Waals surface area contributed by atoms with Crippen LogP contribution in [0.4, 0.5) is 5.82 Å². The zero-order valence-electron chi connectivity index (χ0n) is 17.7. The molecule has 2 aromatic rings. The van der Waals surface area contributed by atoms with E-state index in [1.54, 1.807) is 18.6 Å². The number of rotatable bonds is 7. The van der Waals surface area contributed by atoms with Gasteiger partial charge in [0.2, 0.25) is 0 Å². The first-order valence-electron chi connectivity index (χ1n) is 9.75. The van der Waals surface area contributed by atoms with E-state index in [-0.39, 0.29) is 22.9 Å². The van der Waals surface area contributed by atoms with Crippen molar-refractivity contribution in [1.82, 2.24) is 25.4 Å². The summed E-state index contributed by atoms with van der Waals surface area (Å²) in [5.41, 5.74) is 6.96. The zero-order chi connectivity index (χ0) is 23.7. The van der Waals surface area contributed by atoms with Gasteiger partial charge in [-0.25, -0.2) is 9.78 Å². The number of nitrogens with two attached hydrogens (primary N) is 1. The summed E-state index contributed by atoms with van der Waals surface area (Å²) in [6.07, 6.45) is 5.15. The summed E-state index contributed by atoms with van der Waals surface area (Å²) in [6.45, 7) is 2.14. The number of carboxylic acids is 1. The molecule has 1 saturated heterocycles. The lowest BCUT2D eigenvalue weighted by molar-refractivity contribution is -0.689.